The molecular formula is C18H16ClNO4S. The SMILES string of the molecule is CCc1cc2oc(=O)cc(COC(=O)Cc3csc(C)n3)c2cc1Cl. The Labute approximate surface area is 153 Å². The molecule has 0 fully saturated rings. The first-order valence-electron chi connectivity index (χ1n) is 7.78. The number of halogens is 1. The van der Waals surface area contributed by atoms with Crippen molar-refractivity contribution in [3.63, 3.8) is 0 Å². The van der Waals surface area contributed by atoms with Gasteiger partial charge in [0.1, 0.15) is 12.2 Å². The Morgan fingerprint density at radius 1 is 1.32 bits per heavy atom. The Morgan fingerprint density at radius 2 is 2.12 bits per heavy atom. The molecule has 7 heteroatoms. The molecule has 0 aliphatic heterocycles. The number of hydrogen-bond donors (Lipinski definition) is 0. The number of rotatable bonds is 5. The highest BCUT2D eigenvalue weighted by Crippen LogP contribution is 2.26. The highest BCUT2D eigenvalue weighted by Gasteiger charge is 2.13. The van der Waals surface area contributed by atoms with Gasteiger partial charge < -0.3 is 9.15 Å². The largest absolute Gasteiger partial charge is 0.460 e. The predicted molar refractivity (Wildman–Crippen MR) is 97.2 cm³/mol. The van der Waals surface area contributed by atoms with Gasteiger partial charge in [-0.1, -0.05) is 18.5 Å². The zero-order chi connectivity index (χ0) is 18.0. The summed E-state index contributed by atoms with van der Waals surface area (Å²) in [6.07, 6.45) is 0.829. The molecule has 3 aromatic rings. The molecule has 0 bridgehead atoms. The molecule has 25 heavy (non-hydrogen) atoms. The van der Waals surface area contributed by atoms with Gasteiger partial charge in [-0.2, -0.15) is 0 Å². The molecule has 130 valence electrons. The van der Waals surface area contributed by atoms with E-state index in [0.29, 0.717) is 27.2 Å². The third-order valence-corrected chi connectivity index (χ3v) is 4.93. The first-order chi connectivity index (χ1) is 12.0. The van der Waals surface area contributed by atoms with Gasteiger partial charge >= 0.3 is 11.6 Å². The molecule has 0 aliphatic rings. The molecule has 0 radical (unpaired) electrons. The summed E-state index contributed by atoms with van der Waals surface area (Å²) in [6.45, 7) is 3.83. The zero-order valence-corrected chi connectivity index (χ0v) is 15.4. The second-order valence-corrected chi connectivity index (χ2v) is 7.05. The molecule has 0 aliphatic carbocycles. The van der Waals surface area contributed by atoms with E-state index < -0.39 is 11.6 Å². The van der Waals surface area contributed by atoms with Crippen molar-refractivity contribution in [2.45, 2.75) is 33.3 Å². The van der Waals surface area contributed by atoms with Gasteiger partial charge in [0.05, 0.1) is 17.1 Å². The fourth-order valence-electron chi connectivity index (χ4n) is 2.53. The number of nitrogens with zero attached hydrogens (tertiary/aromatic N) is 1. The second kappa shape index (κ2) is 7.37. The highest BCUT2D eigenvalue weighted by molar-refractivity contribution is 7.09. The summed E-state index contributed by atoms with van der Waals surface area (Å²) in [5, 5.41) is 3.99. The Hall–Kier alpha value is -2.18. The smallest absolute Gasteiger partial charge is 0.336 e. The van der Waals surface area contributed by atoms with Crippen molar-refractivity contribution < 1.29 is 13.9 Å². The number of hydrogen-bond acceptors (Lipinski definition) is 6. The molecular weight excluding hydrogens is 362 g/mol. The maximum Gasteiger partial charge on any atom is 0.336 e. The van der Waals surface area contributed by atoms with Gasteiger partial charge in [-0.3, -0.25) is 4.79 Å². The maximum absolute atomic E-state index is 12.0. The van der Waals surface area contributed by atoms with Gasteiger partial charge in [0, 0.05) is 27.4 Å². The third-order valence-electron chi connectivity index (χ3n) is 3.76. The van der Waals surface area contributed by atoms with Crippen LogP contribution in [0.25, 0.3) is 11.0 Å². The van der Waals surface area contributed by atoms with Crippen molar-refractivity contribution in [2.75, 3.05) is 0 Å². The first kappa shape index (κ1) is 17.6. The minimum Gasteiger partial charge on any atom is -0.460 e. The number of aryl methyl sites for hydroxylation is 2. The Morgan fingerprint density at radius 3 is 2.80 bits per heavy atom. The van der Waals surface area contributed by atoms with Crippen LogP contribution >= 0.6 is 22.9 Å². The highest BCUT2D eigenvalue weighted by atomic mass is 35.5. The quantitative estimate of drug-likeness (QED) is 0.495. The second-order valence-electron chi connectivity index (χ2n) is 5.58. The van der Waals surface area contributed by atoms with Crippen LogP contribution in [-0.4, -0.2) is 11.0 Å². The van der Waals surface area contributed by atoms with E-state index in [1.165, 1.54) is 17.4 Å². The van der Waals surface area contributed by atoms with E-state index in [4.69, 9.17) is 20.8 Å². The van der Waals surface area contributed by atoms with Gasteiger partial charge in [0.25, 0.3) is 0 Å². The van der Waals surface area contributed by atoms with E-state index in [1.54, 1.807) is 12.1 Å². The lowest BCUT2D eigenvalue weighted by molar-refractivity contribution is -0.144. The minimum atomic E-state index is -0.488. The predicted octanol–water partition coefficient (Wildman–Crippen LogP) is 4.06. The van der Waals surface area contributed by atoms with Gasteiger partial charge in [-0.25, -0.2) is 9.78 Å². The summed E-state index contributed by atoms with van der Waals surface area (Å²) in [4.78, 5) is 28.0. The normalized spacial score (nSPS) is 11.0. The van der Waals surface area contributed by atoms with E-state index in [1.807, 2.05) is 19.2 Å². The molecule has 0 atom stereocenters. The van der Waals surface area contributed by atoms with E-state index in [9.17, 15) is 9.59 Å². The van der Waals surface area contributed by atoms with Crippen LogP contribution < -0.4 is 5.63 Å². The van der Waals surface area contributed by atoms with Crippen molar-refractivity contribution in [1.29, 1.82) is 0 Å². The summed E-state index contributed by atoms with van der Waals surface area (Å²) in [5.41, 5.74) is 2.09. The summed E-state index contributed by atoms with van der Waals surface area (Å²) >= 11 is 7.74. The van der Waals surface area contributed by atoms with Gasteiger partial charge in [-0.05, 0) is 31.0 Å². The van der Waals surface area contributed by atoms with Crippen molar-refractivity contribution in [3.05, 3.63) is 60.9 Å². The number of thiazole rings is 1. The topological polar surface area (TPSA) is 69.4 Å². The number of esters is 1. The Bertz CT molecular complexity index is 992. The Balaban J connectivity index is 1.82. The standard InChI is InChI=1S/C18H16ClNO4S/c1-3-11-4-16-14(7-15(11)19)12(5-18(22)24-16)8-23-17(21)6-13-9-25-10(2)20-13/h4-5,7,9H,3,6,8H2,1-2H3. The molecule has 2 heterocycles. The lowest BCUT2D eigenvalue weighted by Crippen LogP contribution is -2.10. The minimum absolute atomic E-state index is 0.0220. The summed E-state index contributed by atoms with van der Waals surface area (Å²) in [7, 11) is 0. The molecule has 5 nitrogen and oxygen atoms in total. The van der Waals surface area contributed by atoms with Gasteiger partial charge in [0.15, 0.2) is 0 Å². The third kappa shape index (κ3) is 4.08. The number of carbonyl (C=O) groups excluding carboxylic acids is 1. The van der Waals surface area contributed by atoms with E-state index >= 15 is 0 Å². The molecule has 0 spiro atoms. The van der Waals surface area contributed by atoms with Crippen molar-refractivity contribution in [1.82, 2.24) is 4.98 Å². The average Bonchev–Trinajstić information content (AvgIpc) is 2.97. The molecule has 0 unspecified atom stereocenters. The lowest BCUT2D eigenvalue weighted by Gasteiger charge is -2.09. The number of carbonyl (C=O) groups is 1. The summed E-state index contributed by atoms with van der Waals surface area (Å²) in [5.74, 6) is -0.400. The fourth-order valence-corrected chi connectivity index (χ4v) is 3.44. The van der Waals surface area contributed by atoms with Crippen LogP contribution in [-0.2, 0) is 29.0 Å². The van der Waals surface area contributed by atoms with Crippen LogP contribution in [0.2, 0.25) is 5.02 Å². The molecule has 0 saturated carbocycles. The van der Waals surface area contributed by atoms with Crippen molar-refractivity contribution in [2.24, 2.45) is 0 Å². The molecule has 1 aromatic carbocycles. The summed E-state index contributed by atoms with van der Waals surface area (Å²) < 4.78 is 10.5. The van der Waals surface area contributed by atoms with Gasteiger partial charge in [0.2, 0.25) is 0 Å². The van der Waals surface area contributed by atoms with Crippen molar-refractivity contribution >= 4 is 39.9 Å². The maximum atomic E-state index is 12.0. The molecule has 0 saturated heterocycles. The number of benzene rings is 1. The van der Waals surface area contributed by atoms with Crippen LogP contribution in [0.4, 0.5) is 0 Å². The van der Waals surface area contributed by atoms with Crippen LogP contribution in [0.5, 0.6) is 0 Å². The van der Waals surface area contributed by atoms with Gasteiger partial charge in [-0.15, -0.1) is 11.3 Å². The fraction of sp³-hybridized carbons (Fsp3) is 0.278. The van der Waals surface area contributed by atoms with Crippen LogP contribution in [0.1, 0.15) is 28.8 Å². The van der Waals surface area contributed by atoms with E-state index in [2.05, 4.69) is 4.98 Å². The Kier molecular flexibility index (Phi) is 5.20. The molecule has 0 N–H and O–H groups in total. The van der Waals surface area contributed by atoms with Crippen LogP contribution in [0, 0.1) is 6.92 Å². The summed E-state index contributed by atoms with van der Waals surface area (Å²) in [6, 6.07) is 4.82. The number of aromatic nitrogens is 1. The molecule has 3 rings (SSSR count). The lowest BCUT2D eigenvalue weighted by atomic mass is 10.1. The van der Waals surface area contributed by atoms with E-state index in [-0.39, 0.29) is 13.0 Å². The van der Waals surface area contributed by atoms with Crippen LogP contribution in [0.3, 0.4) is 0 Å². The molecule has 0 amide bonds. The van der Waals surface area contributed by atoms with Crippen LogP contribution in [0.15, 0.2) is 32.8 Å². The number of fused-ring (bicyclic) bond motifs is 1. The number of ether oxygens (including phenoxy) is 1. The first-order valence-corrected chi connectivity index (χ1v) is 9.03. The van der Waals surface area contributed by atoms with Crippen molar-refractivity contribution in [3.8, 4) is 0 Å². The molecule has 2 aromatic heterocycles. The zero-order valence-electron chi connectivity index (χ0n) is 13.8. The average molecular weight is 378 g/mol. The van der Waals surface area contributed by atoms with E-state index in [0.717, 1.165) is 17.0 Å². The monoisotopic (exact) mass is 377 g/mol.